The van der Waals surface area contributed by atoms with E-state index in [4.69, 9.17) is 15.7 Å². The number of rotatable bonds is 2. The topological polar surface area (TPSA) is 96.9 Å². The van der Waals surface area contributed by atoms with Crippen molar-refractivity contribution < 1.29 is 9.94 Å². The molecule has 1 aromatic carbocycles. The number of morpholine rings is 1. The van der Waals surface area contributed by atoms with Gasteiger partial charge in [-0.1, -0.05) is 23.4 Å². The Morgan fingerprint density at radius 2 is 2.30 bits per heavy atom. The molecule has 0 spiro atoms. The molecule has 1 unspecified atom stereocenters. The van der Waals surface area contributed by atoms with Crippen LogP contribution in [0.4, 0.5) is 5.95 Å². The summed E-state index contributed by atoms with van der Waals surface area (Å²) >= 11 is 0. The van der Waals surface area contributed by atoms with Crippen LogP contribution >= 0.6 is 0 Å². The fraction of sp³-hybridized carbons (Fsp3) is 0.308. The van der Waals surface area contributed by atoms with Crippen LogP contribution < -0.4 is 10.6 Å². The van der Waals surface area contributed by atoms with Gasteiger partial charge in [0.1, 0.15) is 6.10 Å². The summed E-state index contributed by atoms with van der Waals surface area (Å²) in [5.74, 6) is 0.693. The maximum absolute atomic E-state index is 8.72. The quantitative estimate of drug-likeness (QED) is 0.359. The van der Waals surface area contributed by atoms with Crippen LogP contribution in [0.1, 0.15) is 0 Å². The molecule has 3 rings (SSSR count). The summed E-state index contributed by atoms with van der Waals surface area (Å²) in [5, 5.41) is 12.7. The van der Waals surface area contributed by atoms with Gasteiger partial charge >= 0.3 is 0 Å². The Kier molecular flexibility index (Phi) is 3.34. The lowest BCUT2D eigenvalue weighted by Gasteiger charge is -2.32. The van der Waals surface area contributed by atoms with Gasteiger partial charge in [-0.2, -0.15) is 0 Å². The van der Waals surface area contributed by atoms with E-state index in [1.807, 2.05) is 29.2 Å². The van der Waals surface area contributed by atoms with Crippen molar-refractivity contribution in [1.29, 1.82) is 0 Å². The highest BCUT2D eigenvalue weighted by Gasteiger charge is 2.25. The summed E-state index contributed by atoms with van der Waals surface area (Å²) in [4.78, 5) is 10.9. The largest absolute Gasteiger partial charge is 0.409 e. The number of para-hydroxylation sites is 1. The van der Waals surface area contributed by atoms with E-state index in [0.717, 1.165) is 10.9 Å². The molecule has 7 heteroatoms. The molecular formula is C13H15N5O2. The predicted molar refractivity (Wildman–Crippen MR) is 74.9 cm³/mol. The van der Waals surface area contributed by atoms with Crippen molar-refractivity contribution in [3.63, 3.8) is 0 Å². The number of fused-ring (bicyclic) bond motifs is 1. The molecule has 1 aliphatic rings. The van der Waals surface area contributed by atoms with E-state index >= 15 is 0 Å². The summed E-state index contributed by atoms with van der Waals surface area (Å²) in [6.07, 6.45) is 1.36. The molecule has 2 heterocycles. The number of anilines is 1. The van der Waals surface area contributed by atoms with E-state index in [1.54, 1.807) is 6.20 Å². The van der Waals surface area contributed by atoms with Crippen molar-refractivity contribution in [3.05, 3.63) is 30.5 Å². The molecule has 20 heavy (non-hydrogen) atoms. The van der Waals surface area contributed by atoms with Crippen LogP contribution in [0.5, 0.6) is 0 Å². The normalized spacial score (nSPS) is 20.3. The minimum Gasteiger partial charge on any atom is -0.409 e. The molecule has 0 saturated carbocycles. The maximum atomic E-state index is 8.72. The molecule has 1 atom stereocenters. The minimum absolute atomic E-state index is 0.0653. The zero-order valence-electron chi connectivity index (χ0n) is 10.8. The number of ether oxygens (including phenoxy) is 1. The fourth-order valence-corrected chi connectivity index (χ4v) is 2.19. The number of aromatic nitrogens is 2. The Morgan fingerprint density at radius 1 is 1.45 bits per heavy atom. The molecule has 1 aromatic heterocycles. The summed E-state index contributed by atoms with van der Waals surface area (Å²) < 4.78 is 5.46. The third-order valence-electron chi connectivity index (χ3n) is 3.27. The molecule has 1 saturated heterocycles. The number of benzene rings is 1. The van der Waals surface area contributed by atoms with Gasteiger partial charge in [0, 0.05) is 18.1 Å². The van der Waals surface area contributed by atoms with Gasteiger partial charge in [0.05, 0.1) is 18.7 Å². The van der Waals surface area contributed by atoms with Crippen LogP contribution in [0.15, 0.2) is 35.6 Å². The fourth-order valence-electron chi connectivity index (χ4n) is 2.19. The lowest BCUT2D eigenvalue weighted by Crippen LogP contribution is -2.49. The molecule has 0 amide bonds. The summed E-state index contributed by atoms with van der Waals surface area (Å²) in [5.41, 5.74) is 6.48. The standard InChI is InChI=1S/C13H15N5O2/c14-12(17-19)11-8-18(5-6-20-11)13-15-7-9-3-1-2-4-10(9)16-13/h1-4,7,11,19H,5-6,8H2,(H2,14,17). The van der Waals surface area contributed by atoms with Gasteiger partial charge < -0.3 is 20.6 Å². The molecule has 0 radical (unpaired) electrons. The molecule has 0 bridgehead atoms. The molecule has 1 aliphatic heterocycles. The third kappa shape index (κ3) is 2.35. The van der Waals surface area contributed by atoms with Crippen molar-refractivity contribution in [3.8, 4) is 0 Å². The third-order valence-corrected chi connectivity index (χ3v) is 3.27. The van der Waals surface area contributed by atoms with E-state index in [0.29, 0.717) is 25.6 Å². The van der Waals surface area contributed by atoms with Gasteiger partial charge in [-0.05, 0) is 6.07 Å². The second-order valence-corrected chi connectivity index (χ2v) is 4.56. The first-order valence-electron chi connectivity index (χ1n) is 6.33. The molecule has 3 N–H and O–H groups in total. The molecule has 1 fully saturated rings. The van der Waals surface area contributed by atoms with E-state index in [1.165, 1.54) is 0 Å². The second-order valence-electron chi connectivity index (χ2n) is 4.56. The van der Waals surface area contributed by atoms with Gasteiger partial charge in [0.2, 0.25) is 5.95 Å². The number of amidine groups is 1. The maximum Gasteiger partial charge on any atom is 0.226 e. The van der Waals surface area contributed by atoms with Gasteiger partial charge in [-0.15, -0.1) is 0 Å². The first kappa shape index (κ1) is 12.6. The van der Waals surface area contributed by atoms with Gasteiger partial charge in [0.25, 0.3) is 0 Å². The average Bonchev–Trinajstić information content (AvgIpc) is 2.53. The highest BCUT2D eigenvalue weighted by atomic mass is 16.5. The second kappa shape index (κ2) is 5.30. The first-order chi connectivity index (χ1) is 9.78. The van der Waals surface area contributed by atoms with Crippen LogP contribution in [-0.2, 0) is 4.74 Å². The lowest BCUT2D eigenvalue weighted by atomic mass is 10.2. The monoisotopic (exact) mass is 273 g/mol. The van der Waals surface area contributed by atoms with Crippen molar-refractivity contribution in [2.75, 3.05) is 24.6 Å². The molecular weight excluding hydrogens is 258 g/mol. The Labute approximate surface area is 115 Å². The van der Waals surface area contributed by atoms with Crippen LogP contribution in [0.3, 0.4) is 0 Å². The van der Waals surface area contributed by atoms with Crippen molar-refractivity contribution in [1.82, 2.24) is 9.97 Å². The van der Waals surface area contributed by atoms with E-state index in [-0.39, 0.29) is 5.84 Å². The first-order valence-corrected chi connectivity index (χ1v) is 6.33. The summed E-state index contributed by atoms with van der Waals surface area (Å²) in [6, 6.07) is 7.81. The van der Waals surface area contributed by atoms with Crippen LogP contribution in [0, 0.1) is 0 Å². The van der Waals surface area contributed by atoms with Crippen LogP contribution in [0.2, 0.25) is 0 Å². The minimum atomic E-state index is -0.441. The zero-order chi connectivity index (χ0) is 13.9. The smallest absolute Gasteiger partial charge is 0.226 e. The van der Waals surface area contributed by atoms with Crippen molar-refractivity contribution >= 4 is 22.7 Å². The van der Waals surface area contributed by atoms with Gasteiger partial charge in [-0.25, -0.2) is 9.97 Å². The Balaban J connectivity index is 1.86. The number of nitrogens with zero attached hydrogens (tertiary/aromatic N) is 4. The number of oxime groups is 1. The van der Waals surface area contributed by atoms with Gasteiger partial charge in [-0.3, -0.25) is 0 Å². The van der Waals surface area contributed by atoms with Gasteiger partial charge in [0.15, 0.2) is 5.84 Å². The summed E-state index contributed by atoms with van der Waals surface area (Å²) in [6.45, 7) is 1.62. The Hall–Kier alpha value is -2.41. The Bertz CT molecular complexity index is 645. The number of hydrogen-bond donors (Lipinski definition) is 2. The number of nitrogens with two attached hydrogens (primary N) is 1. The molecule has 2 aromatic rings. The van der Waals surface area contributed by atoms with Crippen molar-refractivity contribution in [2.45, 2.75) is 6.10 Å². The van der Waals surface area contributed by atoms with Crippen LogP contribution in [0.25, 0.3) is 10.9 Å². The predicted octanol–water partition coefficient (Wildman–Crippen LogP) is 0.581. The molecule has 104 valence electrons. The van der Waals surface area contributed by atoms with E-state index in [2.05, 4.69) is 15.1 Å². The lowest BCUT2D eigenvalue weighted by molar-refractivity contribution is 0.0801. The summed E-state index contributed by atoms with van der Waals surface area (Å²) in [7, 11) is 0. The zero-order valence-corrected chi connectivity index (χ0v) is 10.8. The highest BCUT2D eigenvalue weighted by Crippen LogP contribution is 2.17. The van der Waals surface area contributed by atoms with E-state index < -0.39 is 6.10 Å². The van der Waals surface area contributed by atoms with E-state index in [9.17, 15) is 0 Å². The Morgan fingerprint density at radius 3 is 3.15 bits per heavy atom. The van der Waals surface area contributed by atoms with Crippen molar-refractivity contribution in [2.24, 2.45) is 10.9 Å². The molecule has 7 nitrogen and oxygen atoms in total. The van der Waals surface area contributed by atoms with Crippen LogP contribution in [-0.4, -0.2) is 46.8 Å². The average molecular weight is 273 g/mol. The molecule has 0 aliphatic carbocycles. The SMILES string of the molecule is N/C(=N/O)C1CN(c2ncc3ccccc3n2)CCO1. The highest BCUT2D eigenvalue weighted by molar-refractivity contribution is 5.85. The number of hydrogen-bond acceptors (Lipinski definition) is 6.